The topological polar surface area (TPSA) is 77.8 Å². The van der Waals surface area contributed by atoms with Gasteiger partial charge in [-0.25, -0.2) is 5.06 Å². The second kappa shape index (κ2) is 5.38. The fraction of sp³-hybridized carbons (Fsp3) is 0.231. The predicted octanol–water partition coefficient (Wildman–Crippen LogP) is 2.65. The fourth-order valence-electron chi connectivity index (χ4n) is 1.76. The number of amides is 1. The Balaban J connectivity index is 2.20. The monoisotopic (exact) mass is 279 g/mol. The van der Waals surface area contributed by atoms with Gasteiger partial charge in [-0.2, -0.15) is 0 Å². The molecule has 1 unspecified atom stereocenters. The van der Waals surface area contributed by atoms with Crippen LogP contribution < -0.4 is 0 Å². The van der Waals surface area contributed by atoms with Crippen molar-refractivity contribution >= 4 is 33.3 Å². The average molecular weight is 279 g/mol. The van der Waals surface area contributed by atoms with Gasteiger partial charge in [0.2, 0.25) is 0 Å². The number of benzene rings is 1. The maximum atomic E-state index is 11.5. The molecule has 1 amide bonds. The van der Waals surface area contributed by atoms with Gasteiger partial charge in [0.15, 0.2) is 0 Å². The van der Waals surface area contributed by atoms with Gasteiger partial charge in [-0.1, -0.05) is 18.2 Å². The number of aliphatic carboxylic acids is 1. The van der Waals surface area contributed by atoms with E-state index in [-0.39, 0.29) is 0 Å². The summed E-state index contributed by atoms with van der Waals surface area (Å²) in [5.74, 6) is -2.08. The van der Waals surface area contributed by atoms with Gasteiger partial charge in [0.05, 0.1) is 6.04 Å². The molecule has 6 heteroatoms. The van der Waals surface area contributed by atoms with Crippen LogP contribution >= 0.6 is 11.3 Å². The third-order valence-electron chi connectivity index (χ3n) is 2.78. The standard InChI is InChI=1S/C13H13NO4S/c1-8(14(18)12(15)7-13(16)17)11-6-9-4-2-3-5-10(9)19-11/h2-6,8,18H,7H2,1H3,(H,16,17). The average Bonchev–Trinajstić information content (AvgIpc) is 2.79. The van der Waals surface area contributed by atoms with E-state index in [9.17, 15) is 14.8 Å². The minimum Gasteiger partial charge on any atom is -0.481 e. The summed E-state index contributed by atoms with van der Waals surface area (Å²) < 4.78 is 1.06. The van der Waals surface area contributed by atoms with Crippen molar-refractivity contribution in [3.63, 3.8) is 0 Å². The second-order valence-electron chi connectivity index (χ2n) is 4.17. The first kappa shape index (κ1) is 13.5. The van der Waals surface area contributed by atoms with E-state index in [0.717, 1.165) is 15.0 Å². The van der Waals surface area contributed by atoms with E-state index < -0.39 is 24.3 Å². The predicted molar refractivity (Wildman–Crippen MR) is 71.1 cm³/mol. The molecule has 19 heavy (non-hydrogen) atoms. The van der Waals surface area contributed by atoms with Crippen LogP contribution in [-0.2, 0) is 9.59 Å². The van der Waals surface area contributed by atoms with E-state index in [1.54, 1.807) is 6.92 Å². The molecule has 0 radical (unpaired) electrons. The summed E-state index contributed by atoms with van der Waals surface area (Å²) in [6.07, 6.45) is -0.717. The van der Waals surface area contributed by atoms with E-state index in [0.29, 0.717) is 5.06 Å². The number of hydrogen-bond acceptors (Lipinski definition) is 4. The lowest BCUT2D eigenvalue weighted by Crippen LogP contribution is -2.31. The van der Waals surface area contributed by atoms with Crippen LogP contribution in [0.1, 0.15) is 24.3 Å². The van der Waals surface area contributed by atoms with E-state index in [1.807, 2.05) is 30.3 Å². The van der Waals surface area contributed by atoms with Crippen molar-refractivity contribution in [3.8, 4) is 0 Å². The largest absolute Gasteiger partial charge is 0.481 e. The van der Waals surface area contributed by atoms with Crippen LogP contribution in [0.25, 0.3) is 10.1 Å². The quantitative estimate of drug-likeness (QED) is 0.512. The zero-order valence-electron chi connectivity index (χ0n) is 10.2. The Morgan fingerprint density at radius 3 is 2.68 bits per heavy atom. The molecule has 0 aliphatic carbocycles. The van der Waals surface area contributed by atoms with Crippen molar-refractivity contribution in [3.05, 3.63) is 35.2 Å². The molecule has 1 atom stereocenters. The highest BCUT2D eigenvalue weighted by Crippen LogP contribution is 2.32. The Kier molecular flexibility index (Phi) is 3.82. The molecule has 0 fully saturated rings. The molecule has 1 aromatic heterocycles. The number of nitrogens with zero attached hydrogens (tertiary/aromatic N) is 1. The summed E-state index contributed by atoms with van der Waals surface area (Å²) in [7, 11) is 0. The fourth-order valence-corrected chi connectivity index (χ4v) is 2.86. The molecular formula is C13H13NO4S. The van der Waals surface area contributed by atoms with Gasteiger partial charge < -0.3 is 5.11 Å². The van der Waals surface area contributed by atoms with Gasteiger partial charge in [0.25, 0.3) is 5.91 Å². The number of carbonyl (C=O) groups excluding carboxylic acids is 1. The molecule has 0 bridgehead atoms. The number of rotatable bonds is 4. The van der Waals surface area contributed by atoms with Gasteiger partial charge in [0.1, 0.15) is 6.42 Å². The normalized spacial score (nSPS) is 12.3. The molecule has 0 aliphatic rings. The van der Waals surface area contributed by atoms with E-state index in [4.69, 9.17) is 5.11 Å². The molecule has 5 nitrogen and oxygen atoms in total. The van der Waals surface area contributed by atoms with Crippen LogP contribution in [0.2, 0.25) is 0 Å². The van der Waals surface area contributed by atoms with Gasteiger partial charge in [-0.05, 0) is 24.4 Å². The summed E-state index contributed by atoms with van der Waals surface area (Å²) in [4.78, 5) is 22.7. The van der Waals surface area contributed by atoms with Crippen LogP contribution in [-0.4, -0.2) is 27.3 Å². The molecule has 100 valence electrons. The highest BCUT2D eigenvalue weighted by molar-refractivity contribution is 7.19. The number of thiophene rings is 1. The molecule has 0 saturated carbocycles. The summed E-state index contributed by atoms with van der Waals surface area (Å²) in [6, 6.07) is 9.06. The lowest BCUT2D eigenvalue weighted by atomic mass is 10.2. The van der Waals surface area contributed by atoms with Gasteiger partial charge >= 0.3 is 5.97 Å². The number of hydroxylamine groups is 2. The lowest BCUT2D eigenvalue weighted by Gasteiger charge is -2.20. The summed E-state index contributed by atoms with van der Waals surface area (Å²) in [5, 5.41) is 19.8. The van der Waals surface area contributed by atoms with Gasteiger partial charge in [-0.15, -0.1) is 11.3 Å². The summed E-state index contributed by atoms with van der Waals surface area (Å²) >= 11 is 1.47. The Hall–Kier alpha value is -1.92. The zero-order valence-corrected chi connectivity index (χ0v) is 11.1. The zero-order chi connectivity index (χ0) is 14.0. The first-order chi connectivity index (χ1) is 8.99. The Morgan fingerprint density at radius 1 is 1.37 bits per heavy atom. The number of carboxylic acid groups (broad SMARTS) is 1. The molecule has 2 aromatic rings. The molecule has 1 aromatic carbocycles. The smallest absolute Gasteiger partial charge is 0.312 e. The molecular weight excluding hydrogens is 266 g/mol. The number of carboxylic acids is 1. The van der Waals surface area contributed by atoms with Crippen molar-refractivity contribution in [1.29, 1.82) is 0 Å². The molecule has 0 spiro atoms. The maximum Gasteiger partial charge on any atom is 0.312 e. The molecule has 0 saturated heterocycles. The van der Waals surface area contributed by atoms with Crippen LogP contribution in [0.15, 0.2) is 30.3 Å². The van der Waals surface area contributed by atoms with E-state index >= 15 is 0 Å². The second-order valence-corrected chi connectivity index (χ2v) is 5.29. The molecule has 2 rings (SSSR count). The van der Waals surface area contributed by atoms with Crippen LogP contribution in [0.4, 0.5) is 0 Å². The molecule has 1 heterocycles. The number of hydrogen-bond donors (Lipinski definition) is 2. The first-order valence-electron chi connectivity index (χ1n) is 5.70. The van der Waals surface area contributed by atoms with E-state index in [2.05, 4.69) is 0 Å². The van der Waals surface area contributed by atoms with Crippen molar-refractivity contribution in [2.24, 2.45) is 0 Å². The van der Waals surface area contributed by atoms with Crippen LogP contribution in [0.3, 0.4) is 0 Å². The Labute approximate surface area is 113 Å². The van der Waals surface area contributed by atoms with Gasteiger partial charge in [0, 0.05) is 9.58 Å². The molecule has 0 aliphatic heterocycles. The highest BCUT2D eigenvalue weighted by Gasteiger charge is 2.23. The molecule has 2 N–H and O–H groups in total. The summed E-state index contributed by atoms with van der Waals surface area (Å²) in [5.41, 5.74) is 0. The highest BCUT2D eigenvalue weighted by atomic mass is 32.1. The minimum atomic E-state index is -1.26. The SMILES string of the molecule is CC(c1cc2ccccc2s1)N(O)C(=O)CC(=O)O. The van der Waals surface area contributed by atoms with Crippen molar-refractivity contribution < 1.29 is 19.9 Å². The van der Waals surface area contributed by atoms with Gasteiger partial charge in [-0.3, -0.25) is 14.8 Å². The van der Waals surface area contributed by atoms with Crippen molar-refractivity contribution in [2.75, 3.05) is 0 Å². The van der Waals surface area contributed by atoms with Crippen LogP contribution in [0, 0.1) is 0 Å². The third kappa shape index (κ3) is 2.91. The third-order valence-corrected chi connectivity index (χ3v) is 4.07. The van der Waals surface area contributed by atoms with E-state index in [1.165, 1.54) is 11.3 Å². The Bertz CT molecular complexity index is 589. The lowest BCUT2D eigenvalue weighted by molar-refractivity contribution is -0.177. The first-order valence-corrected chi connectivity index (χ1v) is 6.52. The van der Waals surface area contributed by atoms with Crippen molar-refractivity contribution in [1.82, 2.24) is 5.06 Å². The Morgan fingerprint density at radius 2 is 2.05 bits per heavy atom. The number of carbonyl (C=O) groups is 2. The maximum absolute atomic E-state index is 11.5. The number of fused-ring (bicyclic) bond motifs is 1. The van der Waals surface area contributed by atoms with Crippen LogP contribution in [0.5, 0.6) is 0 Å². The van der Waals surface area contributed by atoms with Crippen molar-refractivity contribution in [2.45, 2.75) is 19.4 Å². The summed E-state index contributed by atoms with van der Waals surface area (Å²) in [6.45, 7) is 1.66. The minimum absolute atomic E-state index is 0.485.